The van der Waals surface area contributed by atoms with Gasteiger partial charge in [-0.25, -0.2) is 0 Å². The van der Waals surface area contributed by atoms with E-state index < -0.39 is 0 Å². The summed E-state index contributed by atoms with van der Waals surface area (Å²) < 4.78 is 5.25. The molecular weight excluding hydrogens is 440 g/mol. The summed E-state index contributed by atoms with van der Waals surface area (Å²) in [7, 11) is 1.55. The average molecular weight is 489 g/mol. The first-order chi connectivity index (χ1) is 17.6. The Kier molecular flexibility index (Phi) is 9.68. The highest BCUT2D eigenvalue weighted by molar-refractivity contribution is 5.77. The molecule has 0 saturated heterocycles. The molecule has 2 saturated carbocycles. The van der Waals surface area contributed by atoms with Crippen molar-refractivity contribution in [2.45, 2.75) is 116 Å². The quantitative estimate of drug-likeness (QED) is 0.246. The lowest BCUT2D eigenvalue weighted by Crippen LogP contribution is -2.36. The molecule has 0 bridgehead atoms. The number of methoxy groups -OCH3 is 1. The van der Waals surface area contributed by atoms with Gasteiger partial charge in [0.2, 0.25) is 0 Å². The zero-order chi connectivity index (χ0) is 25.4. The number of ether oxygens (including phenoxy) is 1. The van der Waals surface area contributed by atoms with Crippen molar-refractivity contribution in [1.29, 1.82) is 0 Å². The monoisotopic (exact) mass is 488 g/mol. The van der Waals surface area contributed by atoms with Gasteiger partial charge in [0, 0.05) is 0 Å². The summed E-state index contributed by atoms with van der Waals surface area (Å²) in [4.78, 5) is 12.7. The van der Waals surface area contributed by atoms with Crippen LogP contribution in [0.1, 0.15) is 127 Å². The Bertz CT molecular complexity index is 926. The van der Waals surface area contributed by atoms with Gasteiger partial charge in [0.25, 0.3) is 0 Å². The molecule has 0 atom stereocenters. The molecule has 0 unspecified atom stereocenters. The van der Waals surface area contributed by atoms with Crippen molar-refractivity contribution in [1.82, 2.24) is 0 Å². The Hall–Kier alpha value is -2.09. The van der Waals surface area contributed by atoms with Crippen LogP contribution in [-0.4, -0.2) is 13.1 Å². The largest absolute Gasteiger partial charge is 0.469 e. The maximum atomic E-state index is 12.7. The van der Waals surface area contributed by atoms with Crippen LogP contribution in [0.2, 0.25) is 0 Å². The molecule has 2 nitrogen and oxygen atoms in total. The minimum Gasteiger partial charge on any atom is -0.469 e. The van der Waals surface area contributed by atoms with E-state index in [0.29, 0.717) is 5.92 Å². The maximum absolute atomic E-state index is 12.7. The van der Waals surface area contributed by atoms with Crippen molar-refractivity contribution in [2.75, 3.05) is 7.11 Å². The summed E-state index contributed by atoms with van der Waals surface area (Å²) in [6, 6.07) is 18.6. The van der Waals surface area contributed by atoms with Crippen LogP contribution >= 0.6 is 0 Å². The van der Waals surface area contributed by atoms with Crippen molar-refractivity contribution < 1.29 is 9.53 Å². The van der Waals surface area contributed by atoms with Gasteiger partial charge in [0.05, 0.1) is 12.5 Å². The molecule has 0 aromatic heterocycles. The predicted molar refractivity (Wildman–Crippen MR) is 151 cm³/mol. The number of rotatable bonds is 10. The number of unbranched alkanes of at least 4 members (excludes halogenated alkanes) is 2. The van der Waals surface area contributed by atoms with Crippen LogP contribution in [0.15, 0.2) is 48.5 Å². The average Bonchev–Trinajstić information content (AvgIpc) is 2.94. The number of carbonyl (C=O) groups excluding carboxylic acids is 1. The molecule has 36 heavy (non-hydrogen) atoms. The molecule has 0 heterocycles. The summed E-state index contributed by atoms with van der Waals surface area (Å²) >= 11 is 0. The lowest BCUT2D eigenvalue weighted by Gasteiger charge is -2.38. The van der Waals surface area contributed by atoms with Crippen molar-refractivity contribution >= 4 is 5.97 Å². The van der Waals surface area contributed by atoms with E-state index in [1.54, 1.807) is 7.11 Å². The van der Waals surface area contributed by atoms with Gasteiger partial charge < -0.3 is 4.74 Å². The second kappa shape index (κ2) is 12.9. The molecule has 0 radical (unpaired) electrons. The van der Waals surface area contributed by atoms with Crippen LogP contribution < -0.4 is 0 Å². The molecule has 2 aromatic rings. The fourth-order valence-electron chi connectivity index (χ4n) is 7.08. The van der Waals surface area contributed by atoms with Crippen molar-refractivity contribution in [3.63, 3.8) is 0 Å². The highest BCUT2D eigenvalue weighted by Crippen LogP contribution is 2.47. The molecule has 0 N–H and O–H groups in total. The minimum absolute atomic E-state index is 0.0184. The van der Waals surface area contributed by atoms with Gasteiger partial charge in [0.1, 0.15) is 0 Å². The van der Waals surface area contributed by atoms with Crippen LogP contribution in [0.5, 0.6) is 0 Å². The first-order valence-corrected chi connectivity index (χ1v) is 14.9. The number of carbonyl (C=O) groups is 1. The fraction of sp³-hybridized carbons (Fsp3) is 0.618. The van der Waals surface area contributed by atoms with E-state index in [2.05, 4.69) is 62.4 Å². The van der Waals surface area contributed by atoms with E-state index in [9.17, 15) is 4.79 Å². The van der Waals surface area contributed by atoms with Gasteiger partial charge in [0.15, 0.2) is 0 Å². The van der Waals surface area contributed by atoms with Gasteiger partial charge in [-0.05, 0) is 97.8 Å². The van der Waals surface area contributed by atoms with Crippen molar-refractivity contribution in [3.8, 4) is 11.1 Å². The van der Waals surface area contributed by atoms with Crippen molar-refractivity contribution in [2.24, 2.45) is 11.3 Å². The Morgan fingerprint density at radius 1 is 0.750 bits per heavy atom. The van der Waals surface area contributed by atoms with E-state index >= 15 is 0 Å². The smallest absolute Gasteiger partial charge is 0.311 e. The Morgan fingerprint density at radius 3 is 1.75 bits per heavy atom. The number of hydrogen-bond acceptors (Lipinski definition) is 2. The topological polar surface area (TPSA) is 26.3 Å². The first kappa shape index (κ1) is 27.0. The second-order valence-electron chi connectivity index (χ2n) is 11.8. The van der Waals surface area contributed by atoms with Gasteiger partial charge in [-0.15, -0.1) is 0 Å². The van der Waals surface area contributed by atoms with Gasteiger partial charge in [-0.1, -0.05) is 94.5 Å². The molecule has 2 fully saturated rings. The number of benzene rings is 2. The molecule has 4 rings (SSSR count). The Balaban J connectivity index is 1.34. The summed E-state index contributed by atoms with van der Waals surface area (Å²) in [5.41, 5.74) is 5.31. The zero-order valence-corrected chi connectivity index (χ0v) is 23.1. The Labute approximate surface area is 220 Å². The molecule has 2 aromatic carbocycles. The van der Waals surface area contributed by atoms with Gasteiger partial charge in [-0.3, -0.25) is 4.79 Å². The maximum Gasteiger partial charge on any atom is 0.311 e. The third kappa shape index (κ3) is 6.42. The van der Waals surface area contributed by atoms with Gasteiger partial charge in [-0.2, -0.15) is 0 Å². The fourth-order valence-corrected chi connectivity index (χ4v) is 7.08. The van der Waals surface area contributed by atoms with E-state index in [4.69, 9.17) is 4.74 Å². The summed E-state index contributed by atoms with van der Waals surface area (Å²) in [6.45, 7) is 4.54. The predicted octanol–water partition coefficient (Wildman–Crippen LogP) is 9.82. The summed E-state index contributed by atoms with van der Waals surface area (Å²) in [6.07, 6.45) is 16.8. The highest BCUT2D eigenvalue weighted by atomic mass is 16.5. The molecule has 0 aliphatic heterocycles. The third-order valence-corrected chi connectivity index (χ3v) is 9.46. The lowest BCUT2D eigenvalue weighted by molar-refractivity contribution is -0.155. The SMILES string of the molecule is CCCCCC1(C(=O)OC)CCC(c2ccc(-c3ccc(C4CCC(CCC)CC4)cc3)cc2)CC1. The molecule has 2 heteroatoms. The molecule has 2 aliphatic carbocycles. The van der Waals surface area contributed by atoms with Crippen LogP contribution in [0.25, 0.3) is 11.1 Å². The van der Waals surface area contributed by atoms with E-state index in [1.165, 1.54) is 73.6 Å². The highest BCUT2D eigenvalue weighted by Gasteiger charge is 2.42. The molecular formula is C34H48O2. The van der Waals surface area contributed by atoms with E-state index in [1.807, 2.05) is 0 Å². The molecule has 0 amide bonds. The van der Waals surface area contributed by atoms with Crippen LogP contribution in [0.4, 0.5) is 0 Å². The summed E-state index contributed by atoms with van der Waals surface area (Å²) in [5, 5.41) is 0. The van der Waals surface area contributed by atoms with Crippen LogP contribution in [0.3, 0.4) is 0 Å². The molecule has 0 spiro atoms. The van der Waals surface area contributed by atoms with Gasteiger partial charge >= 0.3 is 5.97 Å². The number of hydrogen-bond donors (Lipinski definition) is 0. The molecule has 2 aliphatic rings. The summed E-state index contributed by atoms with van der Waals surface area (Å²) in [5.74, 6) is 2.28. The van der Waals surface area contributed by atoms with Crippen LogP contribution in [0, 0.1) is 11.3 Å². The third-order valence-electron chi connectivity index (χ3n) is 9.46. The minimum atomic E-state index is -0.253. The molecule has 196 valence electrons. The second-order valence-corrected chi connectivity index (χ2v) is 11.8. The normalized spacial score (nSPS) is 26.5. The Morgan fingerprint density at radius 2 is 1.28 bits per heavy atom. The van der Waals surface area contributed by atoms with E-state index in [0.717, 1.165) is 50.4 Å². The van der Waals surface area contributed by atoms with E-state index in [-0.39, 0.29) is 11.4 Å². The lowest BCUT2D eigenvalue weighted by atomic mass is 9.66. The van der Waals surface area contributed by atoms with Crippen LogP contribution in [-0.2, 0) is 9.53 Å². The first-order valence-electron chi connectivity index (χ1n) is 14.9. The number of esters is 1. The van der Waals surface area contributed by atoms with Crippen molar-refractivity contribution in [3.05, 3.63) is 59.7 Å². The zero-order valence-electron chi connectivity index (χ0n) is 23.1. The standard InChI is InChI=1S/C34H48O2/c1-4-6-7-23-34(33(35)36-3)24-21-32(22-25-34)31-19-17-30(18-20-31)29-15-13-28(14-16-29)27-11-9-26(8-5-2)10-12-27/h13-20,26-27,32H,4-12,21-25H2,1-3H3.